The number of primary sulfonamides is 1. The van der Waals surface area contributed by atoms with Gasteiger partial charge < -0.3 is 5.32 Å². The van der Waals surface area contributed by atoms with Crippen molar-refractivity contribution in [1.82, 2.24) is 10.3 Å². The molecule has 0 bridgehead atoms. The fourth-order valence-corrected chi connectivity index (χ4v) is 4.74. The van der Waals surface area contributed by atoms with Gasteiger partial charge in [0, 0.05) is 17.7 Å². The molecule has 0 spiro atoms. The maximum atomic E-state index is 13.0. The van der Waals surface area contributed by atoms with E-state index in [9.17, 15) is 13.2 Å². The van der Waals surface area contributed by atoms with Crippen molar-refractivity contribution in [1.29, 1.82) is 0 Å². The second-order valence-electron chi connectivity index (χ2n) is 7.12. The van der Waals surface area contributed by atoms with Crippen molar-refractivity contribution >= 4 is 27.3 Å². The lowest BCUT2D eigenvalue weighted by Crippen LogP contribution is -2.25. The van der Waals surface area contributed by atoms with E-state index in [1.165, 1.54) is 23.5 Å². The first kappa shape index (κ1) is 21.9. The fourth-order valence-electron chi connectivity index (χ4n) is 3.22. The van der Waals surface area contributed by atoms with Crippen LogP contribution in [0.3, 0.4) is 0 Å². The van der Waals surface area contributed by atoms with Crippen molar-refractivity contribution < 1.29 is 13.2 Å². The Balaban J connectivity index is 1.52. The van der Waals surface area contributed by atoms with Crippen molar-refractivity contribution in [2.24, 2.45) is 5.14 Å². The number of benzene rings is 3. The maximum Gasteiger partial charge on any atom is 0.263 e. The van der Waals surface area contributed by atoms with E-state index in [4.69, 9.17) is 10.1 Å². The molecule has 0 aliphatic carbocycles. The van der Waals surface area contributed by atoms with Crippen LogP contribution in [0.4, 0.5) is 0 Å². The number of carbonyl (C=O) groups is 1. The first-order chi connectivity index (χ1) is 15.4. The molecule has 0 aliphatic heterocycles. The third-order valence-electron chi connectivity index (χ3n) is 4.85. The molecule has 162 valence electrons. The van der Waals surface area contributed by atoms with Crippen molar-refractivity contribution in [2.75, 3.05) is 6.54 Å². The highest BCUT2D eigenvalue weighted by Crippen LogP contribution is 2.33. The molecule has 1 aromatic heterocycles. The molecular weight excluding hydrogens is 442 g/mol. The number of thiazole rings is 1. The molecule has 4 aromatic rings. The van der Waals surface area contributed by atoms with Crippen LogP contribution in [0, 0.1) is 0 Å². The Hall–Kier alpha value is -3.33. The van der Waals surface area contributed by atoms with Gasteiger partial charge >= 0.3 is 0 Å². The SMILES string of the molecule is NS(=O)(=O)c1ccc(CCNC(=O)c2sc(-c3ccccc3)nc2-c2ccccc2)cc1. The van der Waals surface area contributed by atoms with Crippen LogP contribution >= 0.6 is 11.3 Å². The lowest BCUT2D eigenvalue weighted by Gasteiger charge is -2.06. The van der Waals surface area contributed by atoms with Crippen LogP contribution in [0.15, 0.2) is 89.8 Å². The largest absolute Gasteiger partial charge is 0.351 e. The number of nitrogens with one attached hydrogen (secondary N) is 1. The summed E-state index contributed by atoms with van der Waals surface area (Å²) < 4.78 is 22.7. The molecule has 0 saturated heterocycles. The van der Waals surface area contributed by atoms with Gasteiger partial charge in [0.15, 0.2) is 0 Å². The molecule has 32 heavy (non-hydrogen) atoms. The Labute approximate surface area is 190 Å². The van der Waals surface area contributed by atoms with E-state index in [0.29, 0.717) is 23.5 Å². The van der Waals surface area contributed by atoms with Gasteiger partial charge in [0.2, 0.25) is 10.0 Å². The van der Waals surface area contributed by atoms with Gasteiger partial charge in [0.05, 0.1) is 10.6 Å². The van der Waals surface area contributed by atoms with Gasteiger partial charge in [-0.25, -0.2) is 18.5 Å². The summed E-state index contributed by atoms with van der Waals surface area (Å²) in [6, 6.07) is 25.7. The minimum atomic E-state index is -3.72. The average molecular weight is 464 g/mol. The number of rotatable bonds is 7. The van der Waals surface area contributed by atoms with Crippen LogP contribution in [0.2, 0.25) is 0 Å². The predicted octanol–water partition coefficient (Wildman–Crippen LogP) is 4.10. The summed E-state index contributed by atoms with van der Waals surface area (Å²) in [6.45, 7) is 0.403. The maximum absolute atomic E-state index is 13.0. The average Bonchev–Trinajstić information content (AvgIpc) is 3.26. The van der Waals surface area contributed by atoms with E-state index in [0.717, 1.165) is 21.7 Å². The molecule has 1 heterocycles. The van der Waals surface area contributed by atoms with Crippen LogP contribution in [0.1, 0.15) is 15.2 Å². The van der Waals surface area contributed by atoms with E-state index < -0.39 is 10.0 Å². The molecular formula is C24H21N3O3S2. The second kappa shape index (κ2) is 9.44. The van der Waals surface area contributed by atoms with E-state index >= 15 is 0 Å². The first-order valence-corrected chi connectivity index (χ1v) is 12.3. The van der Waals surface area contributed by atoms with Gasteiger partial charge in [-0.1, -0.05) is 72.8 Å². The van der Waals surface area contributed by atoms with Gasteiger partial charge in [-0.2, -0.15) is 0 Å². The molecule has 4 rings (SSSR count). The van der Waals surface area contributed by atoms with E-state index in [-0.39, 0.29) is 10.8 Å². The van der Waals surface area contributed by atoms with Crippen LogP contribution in [-0.4, -0.2) is 25.9 Å². The van der Waals surface area contributed by atoms with E-state index in [1.807, 2.05) is 60.7 Å². The van der Waals surface area contributed by atoms with Crippen molar-refractivity contribution in [2.45, 2.75) is 11.3 Å². The topological polar surface area (TPSA) is 102 Å². The zero-order chi connectivity index (χ0) is 22.6. The van der Waals surface area contributed by atoms with E-state index in [1.54, 1.807) is 12.1 Å². The molecule has 0 radical (unpaired) electrons. The molecule has 0 unspecified atom stereocenters. The van der Waals surface area contributed by atoms with Crippen molar-refractivity contribution in [3.8, 4) is 21.8 Å². The van der Waals surface area contributed by atoms with Crippen LogP contribution in [-0.2, 0) is 16.4 Å². The zero-order valence-corrected chi connectivity index (χ0v) is 18.7. The number of carbonyl (C=O) groups excluding carboxylic acids is 1. The molecule has 8 heteroatoms. The summed E-state index contributed by atoms with van der Waals surface area (Å²) in [5.41, 5.74) is 3.40. The second-order valence-corrected chi connectivity index (χ2v) is 9.68. The van der Waals surface area contributed by atoms with Crippen LogP contribution in [0.5, 0.6) is 0 Å². The highest BCUT2D eigenvalue weighted by molar-refractivity contribution is 7.89. The monoisotopic (exact) mass is 463 g/mol. The Bertz CT molecular complexity index is 1320. The summed E-state index contributed by atoms with van der Waals surface area (Å²) >= 11 is 1.36. The quantitative estimate of drug-likeness (QED) is 0.431. The minimum absolute atomic E-state index is 0.0656. The number of nitrogens with two attached hydrogens (primary N) is 1. The number of hydrogen-bond acceptors (Lipinski definition) is 5. The predicted molar refractivity (Wildman–Crippen MR) is 127 cm³/mol. The highest BCUT2D eigenvalue weighted by Gasteiger charge is 2.20. The molecule has 3 aromatic carbocycles. The van der Waals surface area contributed by atoms with Gasteiger partial charge in [-0.15, -0.1) is 11.3 Å². The number of sulfonamides is 1. The van der Waals surface area contributed by atoms with Crippen LogP contribution in [0.25, 0.3) is 21.8 Å². The van der Waals surface area contributed by atoms with Crippen LogP contribution < -0.4 is 10.5 Å². The number of nitrogens with zero attached hydrogens (tertiary/aromatic N) is 1. The lowest BCUT2D eigenvalue weighted by molar-refractivity contribution is 0.0958. The standard InChI is InChI=1S/C24H21N3O3S2/c25-32(29,30)20-13-11-17(12-14-20)15-16-26-23(28)22-21(18-7-3-1-4-8-18)27-24(31-22)19-9-5-2-6-10-19/h1-14H,15-16H2,(H,26,28)(H2,25,29,30). The van der Waals surface area contributed by atoms with Gasteiger partial charge in [0.25, 0.3) is 5.91 Å². The number of hydrogen-bond donors (Lipinski definition) is 2. The molecule has 6 nitrogen and oxygen atoms in total. The Morgan fingerprint density at radius 2 is 1.47 bits per heavy atom. The molecule has 3 N–H and O–H groups in total. The van der Waals surface area contributed by atoms with Gasteiger partial charge in [-0.05, 0) is 24.1 Å². The summed E-state index contributed by atoms with van der Waals surface area (Å²) in [5.74, 6) is -0.190. The first-order valence-electron chi connectivity index (χ1n) is 9.93. The van der Waals surface area contributed by atoms with Crippen molar-refractivity contribution in [3.05, 3.63) is 95.4 Å². The number of amides is 1. The lowest BCUT2D eigenvalue weighted by atomic mass is 10.1. The van der Waals surface area contributed by atoms with Crippen molar-refractivity contribution in [3.63, 3.8) is 0 Å². The third-order valence-corrected chi connectivity index (χ3v) is 6.88. The number of aromatic nitrogens is 1. The minimum Gasteiger partial charge on any atom is -0.351 e. The summed E-state index contributed by atoms with van der Waals surface area (Å²) in [7, 11) is -3.72. The molecule has 0 saturated carbocycles. The van der Waals surface area contributed by atoms with E-state index in [2.05, 4.69) is 5.32 Å². The third kappa shape index (κ3) is 5.11. The normalized spacial score (nSPS) is 11.3. The van der Waals surface area contributed by atoms with Gasteiger partial charge in [0.1, 0.15) is 9.88 Å². The smallest absolute Gasteiger partial charge is 0.263 e. The Kier molecular flexibility index (Phi) is 6.45. The summed E-state index contributed by atoms with van der Waals surface area (Å²) in [4.78, 5) is 18.4. The summed E-state index contributed by atoms with van der Waals surface area (Å²) in [5, 5.41) is 8.87. The van der Waals surface area contributed by atoms with Gasteiger partial charge in [-0.3, -0.25) is 4.79 Å². The zero-order valence-electron chi connectivity index (χ0n) is 17.1. The Morgan fingerprint density at radius 1 is 0.875 bits per heavy atom. The molecule has 0 fully saturated rings. The molecule has 1 amide bonds. The highest BCUT2D eigenvalue weighted by atomic mass is 32.2. The Morgan fingerprint density at radius 3 is 2.06 bits per heavy atom. The molecule has 0 atom stereocenters. The molecule has 0 aliphatic rings. The fraction of sp³-hybridized carbons (Fsp3) is 0.0833. The summed E-state index contributed by atoms with van der Waals surface area (Å²) in [6.07, 6.45) is 0.557.